The molecule has 0 saturated heterocycles. The fraction of sp³-hybridized carbons (Fsp3) is 0.650. The van der Waals surface area contributed by atoms with Crippen LogP contribution in [0.15, 0.2) is 15.7 Å². The molecular formula is C20H27N3O2S2. The molecule has 7 heteroatoms. The molecular weight excluding hydrogens is 378 g/mol. The number of hydrogen-bond donors (Lipinski definition) is 1. The number of hydrogen-bond acceptors (Lipinski definition) is 6. The van der Waals surface area contributed by atoms with Crippen molar-refractivity contribution < 1.29 is 9.21 Å². The molecule has 2 aliphatic rings. The van der Waals surface area contributed by atoms with Gasteiger partial charge in [0.2, 0.25) is 5.91 Å². The minimum absolute atomic E-state index is 0.0547. The number of rotatable bonds is 5. The van der Waals surface area contributed by atoms with Gasteiger partial charge in [-0.25, -0.2) is 0 Å². The van der Waals surface area contributed by atoms with Crippen LogP contribution in [0.25, 0.3) is 10.8 Å². The highest BCUT2D eigenvalue weighted by Gasteiger charge is 2.24. The first-order valence-corrected chi connectivity index (χ1v) is 11.8. The molecule has 2 aliphatic carbocycles. The quantitative estimate of drug-likeness (QED) is 0.730. The van der Waals surface area contributed by atoms with Crippen molar-refractivity contribution in [3.8, 4) is 10.8 Å². The van der Waals surface area contributed by atoms with Crippen LogP contribution < -0.4 is 5.32 Å². The number of aromatic nitrogens is 2. The van der Waals surface area contributed by atoms with Gasteiger partial charge in [-0.05, 0) is 55.6 Å². The molecule has 0 radical (unpaired) electrons. The lowest BCUT2D eigenvalue weighted by molar-refractivity contribution is -0.119. The number of thiophene rings is 1. The van der Waals surface area contributed by atoms with E-state index in [1.165, 1.54) is 47.9 Å². The summed E-state index contributed by atoms with van der Waals surface area (Å²) < 4.78 is 5.81. The minimum atomic E-state index is 0.0547. The maximum atomic E-state index is 12.3. The van der Waals surface area contributed by atoms with E-state index in [4.69, 9.17) is 4.42 Å². The fourth-order valence-electron chi connectivity index (χ4n) is 4.09. The summed E-state index contributed by atoms with van der Waals surface area (Å²) >= 11 is 3.09. The smallest absolute Gasteiger partial charge is 0.277 e. The van der Waals surface area contributed by atoms with Gasteiger partial charge in [-0.3, -0.25) is 4.79 Å². The summed E-state index contributed by atoms with van der Waals surface area (Å²) in [7, 11) is 0. The van der Waals surface area contributed by atoms with Crippen molar-refractivity contribution in [3.05, 3.63) is 16.5 Å². The molecule has 2 aromatic rings. The van der Waals surface area contributed by atoms with Crippen molar-refractivity contribution in [2.75, 3.05) is 5.75 Å². The Bertz CT molecular complexity index is 801. The first-order chi connectivity index (χ1) is 13.1. The van der Waals surface area contributed by atoms with Crippen molar-refractivity contribution in [2.45, 2.75) is 70.1 Å². The molecule has 2 aromatic heterocycles. The van der Waals surface area contributed by atoms with E-state index in [9.17, 15) is 4.79 Å². The van der Waals surface area contributed by atoms with E-state index in [0.29, 0.717) is 28.8 Å². The Labute approximate surface area is 168 Å². The third-order valence-electron chi connectivity index (χ3n) is 5.73. The van der Waals surface area contributed by atoms with Crippen molar-refractivity contribution in [1.82, 2.24) is 15.5 Å². The van der Waals surface area contributed by atoms with E-state index in [0.717, 1.165) is 30.1 Å². The molecule has 0 spiro atoms. The Kier molecular flexibility index (Phi) is 5.88. The number of thioether (sulfide) groups is 1. The van der Waals surface area contributed by atoms with Crippen LogP contribution in [-0.2, 0) is 17.6 Å². The number of aryl methyl sites for hydroxylation is 1. The van der Waals surface area contributed by atoms with E-state index in [-0.39, 0.29) is 5.91 Å². The van der Waals surface area contributed by atoms with E-state index in [1.807, 2.05) is 0 Å². The largest absolute Gasteiger partial charge is 0.410 e. The SMILES string of the molecule is C[C@H]1CCc2sc(-c3nnc(SCC(=O)N[C@@H]4CCCC[C@@H]4C)o3)cc2C1. The second kappa shape index (κ2) is 8.35. The molecule has 0 unspecified atom stereocenters. The lowest BCUT2D eigenvalue weighted by atomic mass is 9.86. The topological polar surface area (TPSA) is 68.0 Å². The number of amides is 1. The van der Waals surface area contributed by atoms with Gasteiger partial charge >= 0.3 is 0 Å². The van der Waals surface area contributed by atoms with E-state index < -0.39 is 0 Å². The second-order valence-electron chi connectivity index (χ2n) is 8.00. The minimum Gasteiger partial charge on any atom is -0.410 e. The highest BCUT2D eigenvalue weighted by Crippen LogP contribution is 2.37. The molecule has 0 aliphatic heterocycles. The number of carbonyl (C=O) groups is 1. The summed E-state index contributed by atoms with van der Waals surface area (Å²) in [6.45, 7) is 4.53. The Morgan fingerprint density at radius 2 is 2.15 bits per heavy atom. The van der Waals surface area contributed by atoms with Crippen LogP contribution in [0.3, 0.4) is 0 Å². The number of nitrogens with zero attached hydrogens (tertiary/aromatic N) is 2. The highest BCUT2D eigenvalue weighted by molar-refractivity contribution is 7.99. The molecule has 3 atom stereocenters. The normalized spacial score (nSPS) is 25.2. The van der Waals surface area contributed by atoms with Crippen LogP contribution in [0, 0.1) is 11.8 Å². The first kappa shape index (κ1) is 19.0. The summed E-state index contributed by atoms with van der Waals surface area (Å²) in [6.07, 6.45) is 8.32. The van der Waals surface area contributed by atoms with Gasteiger partial charge in [0, 0.05) is 10.9 Å². The van der Waals surface area contributed by atoms with Crippen LogP contribution in [0.1, 0.15) is 56.4 Å². The number of nitrogens with one attached hydrogen (secondary N) is 1. The third-order valence-corrected chi connectivity index (χ3v) is 7.77. The monoisotopic (exact) mass is 405 g/mol. The van der Waals surface area contributed by atoms with Crippen LogP contribution >= 0.6 is 23.1 Å². The zero-order chi connectivity index (χ0) is 18.8. The lowest BCUT2D eigenvalue weighted by Crippen LogP contribution is -2.41. The van der Waals surface area contributed by atoms with Crippen LogP contribution in [-0.4, -0.2) is 27.9 Å². The van der Waals surface area contributed by atoms with Crippen molar-refractivity contribution in [1.29, 1.82) is 0 Å². The molecule has 0 bridgehead atoms. The molecule has 1 N–H and O–H groups in total. The van der Waals surface area contributed by atoms with Crippen molar-refractivity contribution >= 4 is 29.0 Å². The van der Waals surface area contributed by atoms with Crippen LogP contribution in [0.2, 0.25) is 0 Å². The van der Waals surface area contributed by atoms with Gasteiger partial charge in [0.25, 0.3) is 11.1 Å². The Morgan fingerprint density at radius 1 is 1.30 bits per heavy atom. The van der Waals surface area contributed by atoms with Crippen LogP contribution in [0.5, 0.6) is 0 Å². The molecule has 4 rings (SSSR count). The predicted molar refractivity (Wildman–Crippen MR) is 109 cm³/mol. The van der Waals surface area contributed by atoms with Gasteiger partial charge in [0.15, 0.2) is 0 Å². The maximum Gasteiger partial charge on any atom is 0.277 e. The summed E-state index contributed by atoms with van der Waals surface area (Å²) in [5, 5.41) is 12.0. The zero-order valence-corrected chi connectivity index (χ0v) is 17.6. The summed E-state index contributed by atoms with van der Waals surface area (Å²) in [5.74, 6) is 2.27. The summed E-state index contributed by atoms with van der Waals surface area (Å²) in [6, 6.07) is 2.51. The molecule has 27 heavy (non-hydrogen) atoms. The van der Waals surface area contributed by atoms with Crippen molar-refractivity contribution in [3.63, 3.8) is 0 Å². The first-order valence-electron chi connectivity index (χ1n) is 9.96. The van der Waals surface area contributed by atoms with Gasteiger partial charge in [0.05, 0.1) is 10.6 Å². The average Bonchev–Trinajstić information content (AvgIpc) is 3.28. The Balaban J connectivity index is 1.32. The van der Waals surface area contributed by atoms with Gasteiger partial charge in [-0.1, -0.05) is 38.5 Å². The molecule has 1 amide bonds. The van der Waals surface area contributed by atoms with Gasteiger partial charge in [-0.15, -0.1) is 21.5 Å². The third kappa shape index (κ3) is 4.57. The standard InChI is InChI=1S/C20H27N3O2S2/c1-12-7-8-16-14(9-12)10-17(27-16)19-22-23-20(25-19)26-11-18(24)21-15-6-4-3-5-13(15)2/h10,12-13,15H,3-9,11H2,1-2H3,(H,21,24)/t12-,13-,15+/m0/s1. The molecule has 146 valence electrons. The average molecular weight is 406 g/mol. The van der Waals surface area contributed by atoms with Gasteiger partial charge in [0.1, 0.15) is 0 Å². The summed E-state index contributed by atoms with van der Waals surface area (Å²) in [5.41, 5.74) is 1.43. The molecule has 5 nitrogen and oxygen atoms in total. The maximum absolute atomic E-state index is 12.3. The number of carbonyl (C=O) groups excluding carboxylic acids is 1. The second-order valence-corrected chi connectivity index (χ2v) is 10.1. The fourth-order valence-corrected chi connectivity index (χ4v) is 5.79. The van der Waals surface area contributed by atoms with Crippen molar-refractivity contribution in [2.24, 2.45) is 11.8 Å². The lowest BCUT2D eigenvalue weighted by Gasteiger charge is -2.29. The van der Waals surface area contributed by atoms with Gasteiger partial charge in [-0.2, -0.15) is 0 Å². The van der Waals surface area contributed by atoms with Gasteiger partial charge < -0.3 is 9.73 Å². The summed E-state index contributed by atoms with van der Waals surface area (Å²) in [4.78, 5) is 14.8. The number of fused-ring (bicyclic) bond motifs is 1. The Morgan fingerprint density at radius 3 is 3.00 bits per heavy atom. The molecule has 2 heterocycles. The van der Waals surface area contributed by atoms with Crippen LogP contribution in [0.4, 0.5) is 0 Å². The highest BCUT2D eigenvalue weighted by atomic mass is 32.2. The predicted octanol–water partition coefficient (Wildman–Crippen LogP) is 4.71. The zero-order valence-electron chi connectivity index (χ0n) is 16.0. The molecule has 1 saturated carbocycles. The van der Waals surface area contributed by atoms with E-state index in [2.05, 4.69) is 35.4 Å². The molecule has 0 aromatic carbocycles. The Hall–Kier alpha value is -1.34. The van der Waals surface area contributed by atoms with E-state index in [1.54, 1.807) is 11.3 Å². The molecule has 1 fully saturated rings. The van der Waals surface area contributed by atoms with E-state index >= 15 is 0 Å².